The highest BCUT2D eigenvalue weighted by Crippen LogP contribution is 2.30. The average Bonchev–Trinajstić information content (AvgIpc) is 3.25. The molecule has 0 N–H and O–H groups in total. The molecule has 59 heavy (non-hydrogen) atoms. The molecule has 11 heteroatoms. The molecule has 0 aromatic heterocycles. The van der Waals surface area contributed by atoms with Crippen LogP contribution in [0.4, 0.5) is 0 Å². The molecule has 0 radical (unpaired) electrons. The van der Waals surface area contributed by atoms with Gasteiger partial charge in [-0.15, -0.1) is 0 Å². The second-order valence-electron chi connectivity index (χ2n) is 14.6. The van der Waals surface area contributed by atoms with E-state index in [-0.39, 0.29) is 20.8 Å². The van der Waals surface area contributed by atoms with Gasteiger partial charge in [-0.05, 0) is 154 Å². The van der Waals surface area contributed by atoms with Crippen LogP contribution in [0, 0.1) is 11.8 Å². The van der Waals surface area contributed by atoms with E-state index in [9.17, 15) is 4.79 Å². The van der Waals surface area contributed by atoms with E-state index >= 15 is 0 Å². The highest BCUT2D eigenvalue weighted by atomic mass is 35.5. The topological polar surface area (TPSA) is 78.9 Å². The third-order valence-electron chi connectivity index (χ3n) is 10.9. The molecule has 2 saturated heterocycles. The molecule has 6 rings (SSSR count). The van der Waals surface area contributed by atoms with Crippen molar-refractivity contribution in [3.05, 3.63) is 106 Å². The SMILES string of the molecule is C.C.COc1ccc(CC(=O)N2CCC(CCOc3ccc(Cl)cc3)CC2)cc1OC.COc1ccc(CCN2CCC(CCOc3ccc(Cl)cc3)CC2)cc1OC. The van der Waals surface area contributed by atoms with Crippen molar-refractivity contribution in [2.45, 2.75) is 66.2 Å². The highest BCUT2D eigenvalue weighted by Gasteiger charge is 2.23. The first-order chi connectivity index (χ1) is 27.8. The Morgan fingerprint density at radius 2 is 1.00 bits per heavy atom. The van der Waals surface area contributed by atoms with Crippen molar-refractivity contribution in [3.63, 3.8) is 0 Å². The molecule has 2 aliphatic rings. The highest BCUT2D eigenvalue weighted by molar-refractivity contribution is 6.30. The van der Waals surface area contributed by atoms with E-state index in [1.54, 1.807) is 28.4 Å². The average molecular weight is 854 g/mol. The maximum absolute atomic E-state index is 12.7. The monoisotopic (exact) mass is 852 g/mol. The normalized spacial score (nSPS) is 14.4. The molecule has 0 atom stereocenters. The Balaban J connectivity index is 0.000000305. The first kappa shape index (κ1) is 49.1. The van der Waals surface area contributed by atoms with Crippen LogP contribution in [0.3, 0.4) is 0 Å². The molecule has 324 valence electrons. The summed E-state index contributed by atoms with van der Waals surface area (Å²) in [7, 11) is 6.56. The first-order valence-corrected chi connectivity index (χ1v) is 20.7. The number of ether oxygens (including phenoxy) is 6. The van der Waals surface area contributed by atoms with Crippen molar-refractivity contribution >= 4 is 29.1 Å². The van der Waals surface area contributed by atoms with Gasteiger partial charge in [-0.25, -0.2) is 0 Å². The summed E-state index contributed by atoms with van der Waals surface area (Å²) in [5.74, 6) is 6.16. The summed E-state index contributed by atoms with van der Waals surface area (Å²) in [5.41, 5.74) is 2.22. The van der Waals surface area contributed by atoms with Crippen LogP contribution in [0.25, 0.3) is 0 Å². The number of hydrogen-bond acceptors (Lipinski definition) is 8. The summed E-state index contributed by atoms with van der Waals surface area (Å²) in [5, 5.41) is 1.45. The lowest BCUT2D eigenvalue weighted by atomic mass is 9.93. The van der Waals surface area contributed by atoms with Crippen LogP contribution in [-0.2, 0) is 17.6 Å². The molecule has 4 aromatic rings. The number of nitrogens with zero attached hydrogens (tertiary/aromatic N) is 2. The summed E-state index contributed by atoms with van der Waals surface area (Å²) in [6.45, 7) is 6.49. The van der Waals surface area contributed by atoms with Crippen LogP contribution in [0.1, 0.15) is 64.5 Å². The van der Waals surface area contributed by atoms with E-state index in [1.807, 2.05) is 77.7 Å². The smallest absolute Gasteiger partial charge is 0.226 e. The fourth-order valence-corrected chi connectivity index (χ4v) is 7.57. The van der Waals surface area contributed by atoms with E-state index in [4.69, 9.17) is 51.6 Å². The van der Waals surface area contributed by atoms with Gasteiger partial charge in [0.2, 0.25) is 5.91 Å². The van der Waals surface area contributed by atoms with Gasteiger partial charge < -0.3 is 38.2 Å². The van der Waals surface area contributed by atoms with Gasteiger partial charge in [0.25, 0.3) is 0 Å². The molecule has 9 nitrogen and oxygen atoms in total. The summed E-state index contributed by atoms with van der Waals surface area (Å²) in [4.78, 5) is 17.2. The molecule has 0 spiro atoms. The van der Waals surface area contributed by atoms with Gasteiger partial charge >= 0.3 is 0 Å². The number of carbonyl (C=O) groups excluding carboxylic acids is 1. The van der Waals surface area contributed by atoms with Crippen LogP contribution in [0.5, 0.6) is 34.5 Å². The standard InChI is InChI=1S/C23H28ClNO4.C23H30ClNO3.2CH4/c1-27-21-8-3-18(15-22(21)28-2)16-23(26)25-12-9-17(10-13-25)11-14-29-20-6-4-19(24)5-7-20;1-26-22-8-3-19(17-23(22)27-2)11-15-25-13-9-18(10-14-25)12-16-28-21-6-4-20(24)5-7-21;;/h3-8,15,17H,9-14,16H2,1-2H3;3-8,17-18H,9-16H2,1-2H3;2*1H4. The molecular formula is C48H66Cl2N2O7. The van der Waals surface area contributed by atoms with Crippen molar-refractivity contribution in [1.82, 2.24) is 9.80 Å². The number of likely N-dealkylation sites (tertiary alicyclic amines) is 2. The lowest BCUT2D eigenvalue weighted by Crippen LogP contribution is -2.39. The Kier molecular flexibility index (Phi) is 21.6. The van der Waals surface area contributed by atoms with Crippen LogP contribution < -0.4 is 28.4 Å². The van der Waals surface area contributed by atoms with E-state index in [0.717, 1.165) is 97.8 Å². The maximum Gasteiger partial charge on any atom is 0.226 e. The van der Waals surface area contributed by atoms with E-state index in [0.29, 0.717) is 35.5 Å². The maximum atomic E-state index is 12.7. The van der Waals surface area contributed by atoms with E-state index in [1.165, 1.54) is 31.5 Å². The number of rotatable bonds is 17. The van der Waals surface area contributed by atoms with Crippen LogP contribution >= 0.6 is 23.2 Å². The van der Waals surface area contributed by atoms with E-state index < -0.39 is 0 Å². The Hall–Kier alpha value is -4.31. The number of carbonyl (C=O) groups is 1. The van der Waals surface area contributed by atoms with Gasteiger partial charge in [0, 0.05) is 29.7 Å². The summed E-state index contributed by atoms with van der Waals surface area (Å²) in [6.07, 6.45) is 8.05. The van der Waals surface area contributed by atoms with Crippen molar-refractivity contribution < 1.29 is 33.2 Å². The van der Waals surface area contributed by atoms with Crippen molar-refractivity contribution in [2.24, 2.45) is 11.8 Å². The summed E-state index contributed by atoms with van der Waals surface area (Å²) in [6, 6.07) is 26.9. The van der Waals surface area contributed by atoms with Gasteiger partial charge in [0.05, 0.1) is 48.1 Å². The molecule has 2 heterocycles. The number of benzene rings is 4. The molecule has 0 aliphatic carbocycles. The summed E-state index contributed by atoms with van der Waals surface area (Å²) >= 11 is 11.8. The predicted octanol–water partition coefficient (Wildman–Crippen LogP) is 11.0. The largest absolute Gasteiger partial charge is 0.494 e. The zero-order chi connectivity index (χ0) is 40.4. The molecule has 2 fully saturated rings. The third-order valence-corrected chi connectivity index (χ3v) is 11.4. The minimum Gasteiger partial charge on any atom is -0.494 e. The molecule has 2 aliphatic heterocycles. The number of hydrogen-bond donors (Lipinski definition) is 0. The number of piperidine rings is 2. The zero-order valence-electron chi connectivity index (χ0n) is 33.9. The minimum atomic E-state index is 0. The molecule has 0 saturated carbocycles. The first-order valence-electron chi connectivity index (χ1n) is 20.0. The van der Waals surface area contributed by atoms with Gasteiger partial charge in [0.1, 0.15) is 11.5 Å². The fourth-order valence-electron chi connectivity index (χ4n) is 7.32. The van der Waals surface area contributed by atoms with Gasteiger partial charge in [-0.2, -0.15) is 0 Å². The lowest BCUT2D eigenvalue weighted by Gasteiger charge is -2.32. The molecular weight excluding hydrogens is 787 g/mol. The zero-order valence-corrected chi connectivity index (χ0v) is 35.4. The Bertz CT molecular complexity index is 1790. The molecule has 0 unspecified atom stereocenters. The van der Waals surface area contributed by atoms with Crippen LogP contribution in [0.2, 0.25) is 10.0 Å². The van der Waals surface area contributed by atoms with Crippen molar-refractivity contribution in [1.29, 1.82) is 0 Å². The molecule has 0 bridgehead atoms. The Morgan fingerprint density at radius 3 is 1.46 bits per heavy atom. The number of amides is 1. The molecule has 1 amide bonds. The number of halogens is 2. The lowest BCUT2D eigenvalue weighted by molar-refractivity contribution is -0.131. The van der Waals surface area contributed by atoms with E-state index in [2.05, 4.69) is 17.0 Å². The quantitative estimate of drug-likeness (QED) is 0.104. The van der Waals surface area contributed by atoms with Gasteiger partial charge in [-0.1, -0.05) is 50.2 Å². The number of methoxy groups -OCH3 is 4. The fraction of sp³-hybridized carbons (Fsp3) is 0.479. The summed E-state index contributed by atoms with van der Waals surface area (Å²) < 4.78 is 32.9. The predicted molar refractivity (Wildman–Crippen MR) is 242 cm³/mol. The van der Waals surface area contributed by atoms with Gasteiger partial charge in [-0.3, -0.25) is 4.79 Å². The van der Waals surface area contributed by atoms with Gasteiger partial charge in [0.15, 0.2) is 23.0 Å². The van der Waals surface area contributed by atoms with Crippen molar-refractivity contribution in [2.75, 3.05) is 74.4 Å². The second-order valence-corrected chi connectivity index (χ2v) is 15.5. The molecule has 4 aromatic carbocycles. The van der Waals surface area contributed by atoms with Crippen LogP contribution in [-0.4, -0.2) is 90.1 Å². The Labute approximate surface area is 363 Å². The Morgan fingerprint density at radius 1 is 0.576 bits per heavy atom. The third kappa shape index (κ3) is 16.0. The minimum absolute atomic E-state index is 0. The second kappa shape index (κ2) is 26.0. The van der Waals surface area contributed by atoms with Crippen LogP contribution in [0.15, 0.2) is 84.9 Å². The van der Waals surface area contributed by atoms with Crippen molar-refractivity contribution in [3.8, 4) is 34.5 Å².